The van der Waals surface area contributed by atoms with E-state index in [1.807, 2.05) is 35.4 Å². The lowest BCUT2D eigenvalue weighted by Crippen LogP contribution is -2.35. The lowest BCUT2D eigenvalue weighted by molar-refractivity contribution is 0.0774. The second-order valence-corrected chi connectivity index (χ2v) is 13.0. The molecule has 2 aliphatic heterocycles. The van der Waals surface area contributed by atoms with Crippen LogP contribution in [0.15, 0.2) is 58.3 Å². The van der Waals surface area contributed by atoms with E-state index in [-0.39, 0.29) is 23.4 Å². The van der Waals surface area contributed by atoms with Gasteiger partial charge >= 0.3 is 0 Å². The smallest absolute Gasteiger partial charge is 0.266 e. The molecule has 0 bridgehead atoms. The molecule has 234 valence electrons. The number of ether oxygens (including phenoxy) is 2. The highest BCUT2D eigenvalue weighted by Crippen LogP contribution is 2.36. The van der Waals surface area contributed by atoms with Crippen molar-refractivity contribution < 1.29 is 14.3 Å². The maximum atomic E-state index is 13.6. The Morgan fingerprint density at radius 3 is 2.64 bits per heavy atom. The van der Waals surface area contributed by atoms with Gasteiger partial charge in [0, 0.05) is 17.8 Å². The summed E-state index contributed by atoms with van der Waals surface area (Å²) in [6, 6.07) is 14.4. The first-order valence-corrected chi connectivity index (χ1v) is 16.1. The highest BCUT2D eigenvalue weighted by atomic mass is 35.5. The zero-order chi connectivity index (χ0) is 31.8. The molecule has 3 unspecified atom stereocenters. The standard InChI is InChI=1S/C35H36Cl2N4O4/c1-20(13-23-14-31-28(17-33(23)44-4)34(42)40-11-5-6-25(40)18-38-31)12-21(2)19-45-26-8-9-30-27(16-26)35(43)41(22(3)39-30)32-10-7-24(36)15-29(32)37/h7-10,14-18,20-21,25H,5-6,11-13,19H2,1-4H3. The van der Waals surface area contributed by atoms with Gasteiger partial charge < -0.3 is 14.4 Å². The molecule has 6 rings (SSSR count). The van der Waals surface area contributed by atoms with Crippen LogP contribution in [0.25, 0.3) is 16.6 Å². The molecule has 2 aliphatic rings. The van der Waals surface area contributed by atoms with Crippen LogP contribution in [0, 0.1) is 18.8 Å². The van der Waals surface area contributed by atoms with Gasteiger partial charge in [-0.3, -0.25) is 19.1 Å². The third-order valence-electron chi connectivity index (χ3n) is 8.64. The number of hydrogen-bond donors (Lipinski definition) is 0. The van der Waals surface area contributed by atoms with Gasteiger partial charge in [-0.15, -0.1) is 0 Å². The van der Waals surface area contributed by atoms with Crippen LogP contribution < -0.4 is 15.0 Å². The molecule has 45 heavy (non-hydrogen) atoms. The van der Waals surface area contributed by atoms with Crippen LogP contribution in [0.2, 0.25) is 10.0 Å². The van der Waals surface area contributed by atoms with Crippen LogP contribution in [0.1, 0.15) is 54.9 Å². The van der Waals surface area contributed by atoms with E-state index in [1.54, 1.807) is 38.3 Å². The minimum atomic E-state index is -0.227. The molecular weight excluding hydrogens is 611 g/mol. The van der Waals surface area contributed by atoms with E-state index in [1.165, 1.54) is 4.57 Å². The molecular formula is C35H36Cl2N4O4. The Morgan fingerprint density at radius 2 is 1.87 bits per heavy atom. The molecule has 3 aromatic carbocycles. The molecule has 0 radical (unpaired) electrons. The predicted molar refractivity (Wildman–Crippen MR) is 179 cm³/mol. The molecule has 3 heterocycles. The zero-order valence-corrected chi connectivity index (χ0v) is 27.4. The number of carbonyl (C=O) groups excluding carboxylic acids is 1. The van der Waals surface area contributed by atoms with Gasteiger partial charge in [0.05, 0.1) is 52.6 Å². The summed E-state index contributed by atoms with van der Waals surface area (Å²) in [4.78, 5) is 38.0. The minimum absolute atomic E-state index is 0.0287. The molecule has 0 saturated carbocycles. The van der Waals surface area contributed by atoms with Gasteiger partial charge in [-0.2, -0.15) is 0 Å². The van der Waals surface area contributed by atoms with Gasteiger partial charge in [-0.05, 0) is 98.5 Å². The monoisotopic (exact) mass is 646 g/mol. The molecule has 0 spiro atoms. The highest BCUT2D eigenvalue weighted by molar-refractivity contribution is 6.35. The lowest BCUT2D eigenvalue weighted by atomic mass is 9.91. The van der Waals surface area contributed by atoms with Crippen LogP contribution >= 0.6 is 23.2 Å². The van der Waals surface area contributed by atoms with Gasteiger partial charge in [-0.1, -0.05) is 37.0 Å². The van der Waals surface area contributed by atoms with Crippen LogP contribution in [-0.2, 0) is 6.42 Å². The van der Waals surface area contributed by atoms with Crippen molar-refractivity contribution in [3.05, 3.63) is 85.9 Å². The number of aryl methyl sites for hydroxylation is 1. The van der Waals surface area contributed by atoms with Gasteiger partial charge in [0.1, 0.15) is 17.3 Å². The van der Waals surface area contributed by atoms with Crippen LogP contribution in [0.3, 0.4) is 0 Å². The van der Waals surface area contributed by atoms with E-state index in [2.05, 4.69) is 18.8 Å². The molecule has 1 aromatic heterocycles. The Morgan fingerprint density at radius 1 is 1.04 bits per heavy atom. The summed E-state index contributed by atoms with van der Waals surface area (Å²) < 4.78 is 13.4. The largest absolute Gasteiger partial charge is 0.496 e. The fraction of sp³-hybridized carbons (Fsp3) is 0.371. The maximum Gasteiger partial charge on any atom is 0.266 e. The molecule has 8 nitrogen and oxygen atoms in total. The number of benzene rings is 3. The summed E-state index contributed by atoms with van der Waals surface area (Å²) in [5, 5.41) is 1.31. The number of amides is 1. The van der Waals surface area contributed by atoms with Gasteiger partial charge in [0.25, 0.3) is 11.5 Å². The summed E-state index contributed by atoms with van der Waals surface area (Å²) in [6.07, 6.45) is 5.57. The fourth-order valence-corrected chi connectivity index (χ4v) is 7.02. The highest BCUT2D eigenvalue weighted by Gasteiger charge is 2.32. The van der Waals surface area contributed by atoms with Crippen molar-refractivity contribution >= 4 is 51.9 Å². The quantitative estimate of drug-likeness (QED) is 0.187. The van der Waals surface area contributed by atoms with Gasteiger partial charge in [0.2, 0.25) is 0 Å². The first-order chi connectivity index (χ1) is 21.6. The normalized spacial score (nSPS) is 17.2. The Labute approximate surface area is 272 Å². The first-order valence-electron chi connectivity index (χ1n) is 15.3. The van der Waals surface area contributed by atoms with Crippen molar-refractivity contribution in [2.24, 2.45) is 16.8 Å². The fourth-order valence-electron chi connectivity index (χ4n) is 6.52. The Balaban J connectivity index is 1.14. The molecule has 1 saturated heterocycles. The third-order valence-corrected chi connectivity index (χ3v) is 9.18. The average Bonchev–Trinajstić information content (AvgIpc) is 3.44. The summed E-state index contributed by atoms with van der Waals surface area (Å²) in [5.74, 6) is 2.45. The van der Waals surface area contributed by atoms with E-state index in [9.17, 15) is 9.59 Å². The van der Waals surface area contributed by atoms with E-state index in [4.69, 9.17) is 37.7 Å². The average molecular weight is 648 g/mol. The number of carbonyl (C=O) groups is 1. The summed E-state index contributed by atoms with van der Waals surface area (Å²) in [5.41, 5.74) is 3.25. The molecule has 0 N–H and O–H groups in total. The number of halogens is 2. The van der Waals surface area contributed by atoms with E-state index >= 15 is 0 Å². The molecule has 4 aromatic rings. The van der Waals surface area contributed by atoms with E-state index in [0.29, 0.717) is 62.0 Å². The molecule has 0 aliphatic carbocycles. The number of methoxy groups -OCH3 is 1. The number of hydrogen-bond acceptors (Lipinski definition) is 6. The predicted octanol–water partition coefficient (Wildman–Crippen LogP) is 7.61. The van der Waals surface area contributed by atoms with Crippen molar-refractivity contribution in [2.75, 3.05) is 20.3 Å². The number of nitrogens with zero attached hydrogens (tertiary/aromatic N) is 4. The molecule has 1 amide bonds. The zero-order valence-electron chi connectivity index (χ0n) is 25.8. The second kappa shape index (κ2) is 12.9. The van der Waals surface area contributed by atoms with Crippen molar-refractivity contribution in [1.82, 2.24) is 14.5 Å². The number of rotatable bonds is 9. The number of fused-ring (bicyclic) bond motifs is 3. The Bertz CT molecular complexity index is 1870. The molecule has 10 heteroatoms. The first kappa shape index (κ1) is 31.1. The van der Waals surface area contributed by atoms with Crippen LogP contribution in [0.5, 0.6) is 11.5 Å². The summed E-state index contributed by atoms with van der Waals surface area (Å²) in [7, 11) is 1.65. The summed E-state index contributed by atoms with van der Waals surface area (Å²) in [6.45, 7) is 7.39. The Kier molecular flexibility index (Phi) is 8.89. The van der Waals surface area contributed by atoms with Crippen molar-refractivity contribution in [3.63, 3.8) is 0 Å². The third kappa shape index (κ3) is 6.31. The maximum absolute atomic E-state index is 13.6. The SMILES string of the molecule is COc1cc2c(cc1CC(C)CC(C)COc1ccc3nc(C)n(-c4ccc(Cl)cc4Cl)c(=O)c3c1)N=CC1CCCN1C2=O. The van der Waals surface area contributed by atoms with Crippen LogP contribution in [0.4, 0.5) is 5.69 Å². The molecule has 3 atom stereocenters. The van der Waals surface area contributed by atoms with Crippen LogP contribution in [-0.4, -0.2) is 52.9 Å². The molecule has 1 fully saturated rings. The summed E-state index contributed by atoms with van der Waals surface area (Å²) >= 11 is 12.5. The van der Waals surface area contributed by atoms with Crippen molar-refractivity contribution in [1.29, 1.82) is 0 Å². The van der Waals surface area contributed by atoms with Gasteiger partial charge in [0.15, 0.2) is 0 Å². The Hall–Kier alpha value is -3.88. The van der Waals surface area contributed by atoms with Crippen molar-refractivity contribution in [3.8, 4) is 17.2 Å². The van der Waals surface area contributed by atoms with E-state index in [0.717, 1.165) is 43.5 Å². The topological polar surface area (TPSA) is 86.0 Å². The van der Waals surface area contributed by atoms with E-state index < -0.39 is 0 Å². The van der Waals surface area contributed by atoms with Gasteiger partial charge in [-0.25, -0.2) is 4.98 Å². The number of aliphatic imine (C=N–C) groups is 1. The van der Waals surface area contributed by atoms with Crippen molar-refractivity contribution in [2.45, 2.75) is 52.5 Å². The number of aromatic nitrogens is 2. The minimum Gasteiger partial charge on any atom is -0.496 e. The lowest BCUT2D eigenvalue weighted by Gasteiger charge is -2.21. The second-order valence-electron chi connectivity index (χ2n) is 12.2.